The Bertz CT molecular complexity index is 471. The maximum atomic E-state index is 13.6. The SMILES string of the molecule is CC1CCCC(C)N1NC(=O)c1cc(Cl)ccc1F. The number of carbonyl (C=O) groups is 1. The van der Waals surface area contributed by atoms with Crippen molar-refractivity contribution in [3.8, 4) is 0 Å². The van der Waals surface area contributed by atoms with Gasteiger partial charge in [-0.3, -0.25) is 10.2 Å². The fourth-order valence-corrected chi connectivity index (χ4v) is 2.66. The number of hydrogen-bond acceptors (Lipinski definition) is 2. The third kappa shape index (κ3) is 3.25. The molecule has 1 aromatic rings. The van der Waals surface area contributed by atoms with Crippen LogP contribution in [0.2, 0.25) is 5.02 Å². The second kappa shape index (κ2) is 5.88. The van der Waals surface area contributed by atoms with Gasteiger partial charge in [-0.15, -0.1) is 0 Å². The summed E-state index contributed by atoms with van der Waals surface area (Å²) >= 11 is 5.80. The molecule has 104 valence electrons. The van der Waals surface area contributed by atoms with E-state index >= 15 is 0 Å². The van der Waals surface area contributed by atoms with Crippen LogP contribution in [0.4, 0.5) is 4.39 Å². The summed E-state index contributed by atoms with van der Waals surface area (Å²) < 4.78 is 13.6. The highest BCUT2D eigenvalue weighted by Gasteiger charge is 2.27. The first-order valence-corrected chi connectivity index (χ1v) is 6.91. The predicted octanol–water partition coefficient (Wildman–Crippen LogP) is 3.39. The Balaban J connectivity index is 2.14. The molecule has 1 N–H and O–H groups in total. The average Bonchev–Trinajstić information content (AvgIpc) is 2.37. The minimum atomic E-state index is -0.556. The Hall–Kier alpha value is -1.13. The molecule has 0 radical (unpaired) electrons. The number of halogens is 2. The molecule has 1 aromatic carbocycles. The Morgan fingerprint density at radius 1 is 1.37 bits per heavy atom. The van der Waals surface area contributed by atoms with E-state index in [0.29, 0.717) is 5.02 Å². The number of nitrogens with zero attached hydrogens (tertiary/aromatic N) is 1. The number of nitrogens with one attached hydrogen (secondary N) is 1. The number of hydrazine groups is 1. The molecule has 0 bridgehead atoms. The number of amides is 1. The van der Waals surface area contributed by atoms with Crippen molar-refractivity contribution in [2.75, 3.05) is 0 Å². The van der Waals surface area contributed by atoms with Crippen molar-refractivity contribution >= 4 is 17.5 Å². The van der Waals surface area contributed by atoms with E-state index in [1.165, 1.54) is 18.2 Å². The van der Waals surface area contributed by atoms with Gasteiger partial charge in [-0.25, -0.2) is 9.40 Å². The van der Waals surface area contributed by atoms with Gasteiger partial charge in [0.2, 0.25) is 0 Å². The van der Waals surface area contributed by atoms with Crippen molar-refractivity contribution in [3.05, 3.63) is 34.6 Å². The fourth-order valence-electron chi connectivity index (χ4n) is 2.49. The van der Waals surface area contributed by atoms with Gasteiger partial charge in [-0.1, -0.05) is 18.0 Å². The summed E-state index contributed by atoms with van der Waals surface area (Å²) in [6, 6.07) is 4.51. The second-order valence-electron chi connectivity index (χ2n) is 5.10. The molecule has 2 rings (SSSR count). The fraction of sp³-hybridized carbons (Fsp3) is 0.500. The van der Waals surface area contributed by atoms with Gasteiger partial charge in [0, 0.05) is 17.1 Å². The Morgan fingerprint density at radius 3 is 2.63 bits per heavy atom. The highest BCUT2D eigenvalue weighted by molar-refractivity contribution is 6.30. The maximum absolute atomic E-state index is 13.6. The van der Waals surface area contributed by atoms with Crippen LogP contribution in [0, 0.1) is 5.82 Å². The van der Waals surface area contributed by atoms with Gasteiger partial charge in [-0.2, -0.15) is 0 Å². The maximum Gasteiger partial charge on any atom is 0.268 e. The van der Waals surface area contributed by atoms with Crippen LogP contribution in [-0.2, 0) is 0 Å². The lowest BCUT2D eigenvalue weighted by Gasteiger charge is -2.38. The van der Waals surface area contributed by atoms with Crippen LogP contribution in [-0.4, -0.2) is 23.0 Å². The molecular formula is C14H18ClFN2O. The number of hydrogen-bond donors (Lipinski definition) is 1. The van der Waals surface area contributed by atoms with Crippen molar-refractivity contribution in [2.24, 2.45) is 0 Å². The van der Waals surface area contributed by atoms with E-state index in [2.05, 4.69) is 19.3 Å². The molecule has 2 unspecified atom stereocenters. The van der Waals surface area contributed by atoms with Gasteiger partial charge in [0.15, 0.2) is 0 Å². The molecule has 0 spiro atoms. The highest BCUT2D eigenvalue weighted by Crippen LogP contribution is 2.21. The first kappa shape index (κ1) is 14.3. The van der Waals surface area contributed by atoms with E-state index in [1.54, 1.807) is 0 Å². The van der Waals surface area contributed by atoms with Crippen LogP contribution in [0.5, 0.6) is 0 Å². The van der Waals surface area contributed by atoms with Gasteiger partial charge < -0.3 is 0 Å². The van der Waals surface area contributed by atoms with E-state index in [9.17, 15) is 9.18 Å². The van der Waals surface area contributed by atoms with Gasteiger partial charge >= 0.3 is 0 Å². The minimum Gasteiger partial charge on any atom is -0.284 e. The molecule has 0 aromatic heterocycles. The summed E-state index contributed by atoms with van der Waals surface area (Å²) in [6.45, 7) is 4.12. The first-order valence-electron chi connectivity index (χ1n) is 6.53. The van der Waals surface area contributed by atoms with Crippen LogP contribution in [0.3, 0.4) is 0 Å². The molecule has 0 saturated carbocycles. The van der Waals surface area contributed by atoms with E-state index in [1.807, 2.05) is 5.01 Å². The van der Waals surface area contributed by atoms with E-state index in [0.717, 1.165) is 19.3 Å². The Kier molecular flexibility index (Phi) is 4.42. The molecule has 1 aliphatic rings. The second-order valence-corrected chi connectivity index (χ2v) is 5.54. The van der Waals surface area contributed by atoms with Crippen LogP contribution < -0.4 is 5.43 Å². The van der Waals surface area contributed by atoms with Gasteiger partial charge in [0.05, 0.1) is 5.56 Å². The summed E-state index contributed by atoms with van der Waals surface area (Å²) in [5.74, 6) is -1.00. The molecule has 2 atom stereocenters. The highest BCUT2D eigenvalue weighted by atomic mass is 35.5. The molecule has 1 aliphatic heterocycles. The Labute approximate surface area is 117 Å². The first-order chi connectivity index (χ1) is 8.99. The summed E-state index contributed by atoms with van der Waals surface area (Å²) in [6.07, 6.45) is 3.21. The van der Waals surface area contributed by atoms with E-state index in [-0.39, 0.29) is 17.6 Å². The zero-order valence-electron chi connectivity index (χ0n) is 11.1. The van der Waals surface area contributed by atoms with E-state index < -0.39 is 11.7 Å². The van der Waals surface area contributed by atoms with Gasteiger partial charge in [-0.05, 0) is 44.9 Å². The summed E-state index contributed by atoms with van der Waals surface area (Å²) in [7, 11) is 0. The zero-order valence-corrected chi connectivity index (χ0v) is 11.9. The third-order valence-electron chi connectivity index (χ3n) is 3.60. The lowest BCUT2D eigenvalue weighted by atomic mass is 10.00. The number of carbonyl (C=O) groups excluding carboxylic acids is 1. The average molecular weight is 285 g/mol. The van der Waals surface area contributed by atoms with Crippen molar-refractivity contribution in [1.82, 2.24) is 10.4 Å². The van der Waals surface area contributed by atoms with Crippen LogP contribution >= 0.6 is 11.6 Å². The van der Waals surface area contributed by atoms with Crippen molar-refractivity contribution in [2.45, 2.75) is 45.2 Å². The summed E-state index contributed by atoms with van der Waals surface area (Å²) in [5, 5.41) is 2.26. The van der Waals surface area contributed by atoms with Crippen LogP contribution in [0.1, 0.15) is 43.5 Å². The van der Waals surface area contributed by atoms with Gasteiger partial charge in [0.25, 0.3) is 5.91 Å². The smallest absolute Gasteiger partial charge is 0.268 e. The minimum absolute atomic E-state index is 0.0162. The molecule has 5 heteroatoms. The lowest BCUT2D eigenvalue weighted by Crippen LogP contribution is -2.54. The standard InChI is InChI=1S/C14H18ClFN2O/c1-9-4-3-5-10(2)18(9)17-14(19)12-8-11(15)6-7-13(12)16/h6-10H,3-5H2,1-2H3,(H,17,19). The molecule has 1 amide bonds. The van der Waals surface area contributed by atoms with Crippen LogP contribution in [0.15, 0.2) is 18.2 Å². The third-order valence-corrected chi connectivity index (χ3v) is 3.83. The number of rotatable bonds is 2. The monoisotopic (exact) mass is 284 g/mol. The molecule has 1 heterocycles. The molecule has 1 fully saturated rings. The summed E-state index contributed by atoms with van der Waals surface area (Å²) in [5.41, 5.74) is 2.78. The number of benzene rings is 1. The van der Waals surface area contributed by atoms with Crippen molar-refractivity contribution in [3.63, 3.8) is 0 Å². The topological polar surface area (TPSA) is 32.3 Å². The quantitative estimate of drug-likeness (QED) is 0.903. The number of piperidine rings is 1. The van der Waals surface area contributed by atoms with E-state index in [4.69, 9.17) is 11.6 Å². The van der Waals surface area contributed by atoms with Gasteiger partial charge in [0.1, 0.15) is 5.82 Å². The van der Waals surface area contributed by atoms with Crippen molar-refractivity contribution in [1.29, 1.82) is 0 Å². The molecule has 1 saturated heterocycles. The van der Waals surface area contributed by atoms with Crippen LogP contribution in [0.25, 0.3) is 0 Å². The molecule has 0 aliphatic carbocycles. The molecule has 19 heavy (non-hydrogen) atoms. The Morgan fingerprint density at radius 2 is 2.00 bits per heavy atom. The largest absolute Gasteiger partial charge is 0.284 e. The summed E-state index contributed by atoms with van der Waals surface area (Å²) in [4.78, 5) is 12.1. The molecule has 3 nitrogen and oxygen atoms in total. The lowest BCUT2D eigenvalue weighted by molar-refractivity contribution is 0.0367. The predicted molar refractivity (Wildman–Crippen MR) is 73.5 cm³/mol. The zero-order chi connectivity index (χ0) is 14.0. The van der Waals surface area contributed by atoms with Crippen molar-refractivity contribution < 1.29 is 9.18 Å². The normalized spacial score (nSPS) is 24.2. The molecular weight excluding hydrogens is 267 g/mol.